The lowest BCUT2D eigenvalue weighted by atomic mass is 10.0. The first-order chi connectivity index (χ1) is 9.15. The molecule has 0 aliphatic carbocycles. The molecule has 0 atom stereocenters. The van der Waals surface area contributed by atoms with Crippen molar-refractivity contribution in [1.29, 1.82) is 0 Å². The van der Waals surface area contributed by atoms with E-state index in [-0.39, 0.29) is 12.5 Å². The molecule has 98 valence electrons. The van der Waals surface area contributed by atoms with Crippen LogP contribution in [0.3, 0.4) is 0 Å². The number of anilines is 1. The highest BCUT2D eigenvalue weighted by molar-refractivity contribution is 6.31. The molecule has 0 unspecified atom stereocenters. The van der Waals surface area contributed by atoms with Crippen LogP contribution in [0.25, 0.3) is 0 Å². The standard InChI is InChI=1S/C14H14ClN3O/c1-3-4-12(16-2)14-10-7-9(15)5-6-11(10)18-13(19)8-17-14/h3-7,16H,1,8H2,2H3,(H,18,19)/b12-4-. The number of aliphatic imine (C=N–C) groups is 1. The second-order valence-electron chi connectivity index (χ2n) is 3.97. The third-order valence-corrected chi connectivity index (χ3v) is 2.94. The molecule has 0 radical (unpaired) electrons. The Morgan fingerprint density at radius 3 is 3.05 bits per heavy atom. The van der Waals surface area contributed by atoms with Crippen LogP contribution >= 0.6 is 11.6 Å². The first-order valence-electron chi connectivity index (χ1n) is 5.80. The van der Waals surface area contributed by atoms with E-state index < -0.39 is 0 Å². The van der Waals surface area contributed by atoms with Crippen molar-refractivity contribution in [3.8, 4) is 0 Å². The van der Waals surface area contributed by atoms with Gasteiger partial charge in [0.2, 0.25) is 5.91 Å². The number of fused-ring (bicyclic) bond motifs is 1. The van der Waals surface area contributed by atoms with Gasteiger partial charge in [0.1, 0.15) is 6.54 Å². The molecule has 1 heterocycles. The predicted molar refractivity (Wildman–Crippen MR) is 78.8 cm³/mol. The SMILES string of the molecule is C=C/C=C(\NC)C1=NCC(=O)Nc2ccc(Cl)cc21. The number of halogens is 1. The van der Waals surface area contributed by atoms with Gasteiger partial charge in [-0.2, -0.15) is 0 Å². The molecule has 2 rings (SSSR count). The maximum Gasteiger partial charge on any atom is 0.246 e. The van der Waals surface area contributed by atoms with E-state index in [4.69, 9.17) is 11.6 Å². The number of benzene rings is 1. The first kappa shape index (κ1) is 13.4. The Bertz CT molecular complexity index is 590. The fourth-order valence-electron chi connectivity index (χ4n) is 1.88. The third kappa shape index (κ3) is 2.85. The van der Waals surface area contributed by atoms with E-state index >= 15 is 0 Å². The Kier molecular flexibility index (Phi) is 4.02. The van der Waals surface area contributed by atoms with E-state index in [0.717, 1.165) is 11.3 Å². The van der Waals surface area contributed by atoms with Crippen LogP contribution in [0, 0.1) is 0 Å². The van der Waals surface area contributed by atoms with Crippen molar-refractivity contribution in [3.05, 3.63) is 53.2 Å². The summed E-state index contributed by atoms with van der Waals surface area (Å²) in [5, 5.41) is 6.45. The summed E-state index contributed by atoms with van der Waals surface area (Å²) in [4.78, 5) is 16.0. The average Bonchev–Trinajstić information content (AvgIpc) is 2.55. The summed E-state index contributed by atoms with van der Waals surface area (Å²) in [6, 6.07) is 5.30. The first-order valence-corrected chi connectivity index (χ1v) is 6.18. The molecule has 1 aromatic carbocycles. The number of nitrogens with one attached hydrogen (secondary N) is 2. The normalized spacial score (nSPS) is 14.9. The molecule has 0 saturated carbocycles. The van der Waals surface area contributed by atoms with E-state index in [0.29, 0.717) is 16.4 Å². The molecule has 2 N–H and O–H groups in total. The molecule has 0 aromatic heterocycles. The highest BCUT2D eigenvalue weighted by Crippen LogP contribution is 2.25. The number of hydrogen-bond acceptors (Lipinski definition) is 3. The van der Waals surface area contributed by atoms with Gasteiger partial charge in [-0.25, -0.2) is 0 Å². The fourth-order valence-corrected chi connectivity index (χ4v) is 2.05. The van der Waals surface area contributed by atoms with Crippen LogP contribution in [-0.4, -0.2) is 25.2 Å². The highest BCUT2D eigenvalue weighted by atomic mass is 35.5. The molecule has 4 nitrogen and oxygen atoms in total. The van der Waals surface area contributed by atoms with Gasteiger partial charge in [-0.1, -0.05) is 24.3 Å². The van der Waals surface area contributed by atoms with Crippen LogP contribution in [0.1, 0.15) is 5.56 Å². The maximum atomic E-state index is 11.6. The molecule has 0 spiro atoms. The second-order valence-corrected chi connectivity index (χ2v) is 4.41. The summed E-state index contributed by atoms with van der Waals surface area (Å²) in [6.45, 7) is 3.76. The monoisotopic (exact) mass is 275 g/mol. The third-order valence-electron chi connectivity index (χ3n) is 2.70. The van der Waals surface area contributed by atoms with Gasteiger partial charge in [0.05, 0.1) is 17.1 Å². The summed E-state index contributed by atoms with van der Waals surface area (Å²) < 4.78 is 0. The second kappa shape index (κ2) is 5.71. The largest absolute Gasteiger partial charge is 0.386 e. The van der Waals surface area contributed by atoms with Crippen LogP contribution in [0.15, 0.2) is 47.6 Å². The van der Waals surface area contributed by atoms with Crippen molar-refractivity contribution in [1.82, 2.24) is 5.32 Å². The molecule has 0 bridgehead atoms. The number of carbonyl (C=O) groups excluding carboxylic acids is 1. The van der Waals surface area contributed by atoms with Crippen molar-refractivity contribution >= 4 is 28.9 Å². The Hall–Kier alpha value is -2.07. The number of amides is 1. The minimum atomic E-state index is -0.146. The van der Waals surface area contributed by atoms with Gasteiger partial charge in [0.25, 0.3) is 0 Å². The molecule has 5 heteroatoms. The van der Waals surface area contributed by atoms with Crippen molar-refractivity contribution in [2.75, 3.05) is 18.9 Å². The number of nitrogens with zero attached hydrogens (tertiary/aromatic N) is 1. The number of carbonyl (C=O) groups is 1. The lowest BCUT2D eigenvalue weighted by Gasteiger charge is -2.12. The zero-order valence-electron chi connectivity index (χ0n) is 10.5. The van der Waals surface area contributed by atoms with Gasteiger partial charge in [0.15, 0.2) is 0 Å². The zero-order chi connectivity index (χ0) is 13.8. The van der Waals surface area contributed by atoms with E-state index in [9.17, 15) is 4.79 Å². The smallest absolute Gasteiger partial charge is 0.246 e. The van der Waals surface area contributed by atoms with Crippen LogP contribution in [-0.2, 0) is 4.79 Å². The quantitative estimate of drug-likeness (QED) is 0.832. The zero-order valence-corrected chi connectivity index (χ0v) is 11.3. The van der Waals surface area contributed by atoms with E-state index in [1.165, 1.54) is 0 Å². The summed E-state index contributed by atoms with van der Waals surface area (Å²) in [7, 11) is 1.79. The molecule has 1 aromatic rings. The minimum Gasteiger partial charge on any atom is -0.386 e. The van der Waals surface area contributed by atoms with Crippen molar-refractivity contribution in [2.45, 2.75) is 0 Å². The summed E-state index contributed by atoms with van der Waals surface area (Å²) in [6.07, 6.45) is 3.47. The lowest BCUT2D eigenvalue weighted by Crippen LogP contribution is -2.17. The number of likely N-dealkylation sites (N-methyl/N-ethyl adjacent to an activating group) is 1. The molecule has 0 saturated heterocycles. The van der Waals surface area contributed by atoms with E-state index in [1.54, 1.807) is 37.4 Å². The molecular formula is C14H14ClN3O. The van der Waals surface area contributed by atoms with E-state index in [1.807, 2.05) is 0 Å². The van der Waals surface area contributed by atoms with Gasteiger partial charge in [-0.3, -0.25) is 9.79 Å². The lowest BCUT2D eigenvalue weighted by molar-refractivity contribution is -0.114. The number of rotatable bonds is 3. The Morgan fingerprint density at radius 1 is 1.58 bits per heavy atom. The Balaban J connectivity index is 2.60. The van der Waals surface area contributed by atoms with Crippen LogP contribution in [0.2, 0.25) is 5.02 Å². The van der Waals surface area contributed by atoms with Gasteiger partial charge in [-0.15, -0.1) is 0 Å². The van der Waals surface area contributed by atoms with Crippen LogP contribution in [0.5, 0.6) is 0 Å². The van der Waals surface area contributed by atoms with Crippen LogP contribution in [0.4, 0.5) is 5.69 Å². The van der Waals surface area contributed by atoms with Gasteiger partial charge >= 0.3 is 0 Å². The van der Waals surface area contributed by atoms with Crippen molar-refractivity contribution in [2.24, 2.45) is 4.99 Å². The summed E-state index contributed by atoms with van der Waals surface area (Å²) >= 11 is 6.03. The predicted octanol–water partition coefficient (Wildman–Crippen LogP) is 2.37. The molecule has 1 aliphatic rings. The summed E-state index contributed by atoms with van der Waals surface area (Å²) in [5.41, 5.74) is 2.98. The van der Waals surface area contributed by atoms with Crippen molar-refractivity contribution in [3.63, 3.8) is 0 Å². The maximum absolute atomic E-state index is 11.6. The molecule has 0 fully saturated rings. The highest BCUT2D eigenvalue weighted by Gasteiger charge is 2.18. The topological polar surface area (TPSA) is 53.5 Å². The minimum absolute atomic E-state index is 0.0811. The van der Waals surface area contributed by atoms with Crippen molar-refractivity contribution < 1.29 is 4.79 Å². The Labute approximate surface area is 116 Å². The van der Waals surface area contributed by atoms with E-state index in [2.05, 4.69) is 22.2 Å². The van der Waals surface area contributed by atoms with Gasteiger partial charge in [0, 0.05) is 17.6 Å². The fraction of sp³-hybridized carbons (Fsp3) is 0.143. The van der Waals surface area contributed by atoms with Gasteiger partial charge < -0.3 is 10.6 Å². The Morgan fingerprint density at radius 2 is 2.37 bits per heavy atom. The molecule has 1 aliphatic heterocycles. The van der Waals surface area contributed by atoms with Crippen LogP contribution < -0.4 is 10.6 Å². The molecule has 19 heavy (non-hydrogen) atoms. The number of allylic oxidation sites excluding steroid dienone is 3. The molecule has 1 amide bonds. The van der Waals surface area contributed by atoms with Gasteiger partial charge in [-0.05, 0) is 24.3 Å². The number of benzodiazepines with no additional fused rings is 1. The molecular weight excluding hydrogens is 262 g/mol. The average molecular weight is 276 g/mol. The summed E-state index contributed by atoms with van der Waals surface area (Å²) in [5.74, 6) is -0.146. The number of hydrogen-bond donors (Lipinski definition) is 2.